The molecule has 4 rings (SSSR count). The zero-order valence-corrected chi connectivity index (χ0v) is 15.2. The molecule has 2 aromatic rings. The van der Waals surface area contributed by atoms with E-state index in [0.717, 1.165) is 27.4 Å². The third-order valence-electron chi connectivity index (χ3n) is 4.64. The Bertz CT molecular complexity index is 1000. The molecule has 0 spiro atoms. The minimum absolute atomic E-state index is 0.0524. The summed E-state index contributed by atoms with van der Waals surface area (Å²) in [6.07, 6.45) is 7.01. The maximum Gasteiger partial charge on any atom is 0.222 e. The van der Waals surface area contributed by atoms with Gasteiger partial charge in [-0.1, -0.05) is 42.5 Å². The summed E-state index contributed by atoms with van der Waals surface area (Å²) >= 11 is 0. The molecule has 1 aliphatic heterocycles. The second-order valence-corrected chi connectivity index (χ2v) is 7.91. The monoisotopic (exact) mass is 377 g/mol. The van der Waals surface area contributed by atoms with Gasteiger partial charge in [-0.2, -0.15) is 4.90 Å². The van der Waals surface area contributed by atoms with Crippen LogP contribution in [0.4, 0.5) is 5.69 Å². The van der Waals surface area contributed by atoms with Crippen molar-refractivity contribution >= 4 is 22.2 Å². The van der Waals surface area contributed by atoms with Crippen molar-refractivity contribution in [1.29, 1.82) is 0 Å². The number of fused-ring (bicyclic) bond motifs is 1. The average Bonchev–Trinajstić information content (AvgIpc) is 2.86. The first-order chi connectivity index (χ1) is 13.1. The van der Waals surface area contributed by atoms with Crippen LogP contribution in [0, 0.1) is 10.4 Å². The number of anilines is 1. The van der Waals surface area contributed by atoms with Gasteiger partial charge in [0.2, 0.25) is 5.71 Å². The van der Waals surface area contributed by atoms with Crippen molar-refractivity contribution in [1.82, 2.24) is 0 Å². The number of allylic oxidation sites excluding steroid dienone is 6. The normalized spacial score (nSPS) is 21.4. The summed E-state index contributed by atoms with van der Waals surface area (Å²) in [5.41, 5.74) is 3.63. The summed E-state index contributed by atoms with van der Waals surface area (Å²) in [6.45, 7) is 0. The molecule has 0 saturated heterocycles. The summed E-state index contributed by atoms with van der Waals surface area (Å²) in [7, 11) is -1.22. The molecular weight excluding hydrogens is 360 g/mol. The van der Waals surface area contributed by atoms with Gasteiger partial charge in [-0.15, -0.1) is 0 Å². The molecule has 1 heterocycles. The third-order valence-corrected chi connectivity index (χ3v) is 6.38. The lowest BCUT2D eigenvalue weighted by Gasteiger charge is -2.17. The van der Waals surface area contributed by atoms with Crippen molar-refractivity contribution in [2.75, 3.05) is 5.32 Å². The molecule has 5 nitrogen and oxygen atoms in total. The fourth-order valence-electron chi connectivity index (χ4n) is 3.26. The van der Waals surface area contributed by atoms with E-state index in [-0.39, 0.29) is 11.0 Å². The number of hydrogen-bond acceptors (Lipinski definition) is 4. The molecule has 27 heavy (non-hydrogen) atoms. The lowest BCUT2D eigenvalue weighted by molar-refractivity contribution is -0.377. The molecule has 0 saturated carbocycles. The van der Waals surface area contributed by atoms with Crippen LogP contribution < -0.4 is 5.32 Å². The van der Waals surface area contributed by atoms with Gasteiger partial charge in [0.15, 0.2) is 0 Å². The standard InChI is InChI=1S/C21H17N2O3S/c24-23(25)17-12-10-15(11-13-17)19-14-21(16-6-2-1-3-7-16)27(26)20-9-5-4-8-18(20)22-19/h1-13,21-22H,14H2/q-1. The van der Waals surface area contributed by atoms with Crippen LogP contribution in [0.2, 0.25) is 0 Å². The van der Waals surface area contributed by atoms with Crippen LogP contribution in [0.1, 0.15) is 17.2 Å². The summed E-state index contributed by atoms with van der Waals surface area (Å²) in [4.78, 5) is 0.356. The highest BCUT2D eigenvalue weighted by Gasteiger charge is 2.28. The zero-order chi connectivity index (χ0) is 18.8. The molecule has 0 aromatic heterocycles. The van der Waals surface area contributed by atoms with Gasteiger partial charge in [-0.05, 0) is 35.4 Å². The highest BCUT2D eigenvalue weighted by atomic mass is 32.2. The van der Waals surface area contributed by atoms with Gasteiger partial charge in [0.1, 0.15) is 0 Å². The first-order valence-corrected chi connectivity index (χ1v) is 9.77. The number of rotatable bonds is 1. The Morgan fingerprint density at radius 1 is 0.926 bits per heavy atom. The molecule has 0 bridgehead atoms. The van der Waals surface area contributed by atoms with Crippen LogP contribution in [-0.4, -0.2) is 14.8 Å². The van der Waals surface area contributed by atoms with E-state index in [1.54, 1.807) is 12.2 Å². The van der Waals surface area contributed by atoms with Gasteiger partial charge in [0.05, 0.1) is 26.6 Å². The molecule has 2 aliphatic rings. The van der Waals surface area contributed by atoms with Crippen molar-refractivity contribution < 1.29 is 9.11 Å². The SMILES string of the molecule is O=S1c2ccccc2NC(=C2C=CC(=[N+]([O-])[O-])C=C2)CC1c1ccccc1. The highest BCUT2D eigenvalue weighted by Crippen LogP contribution is 2.39. The fraction of sp³-hybridized carbons (Fsp3) is 0.0952. The Labute approximate surface area is 159 Å². The van der Waals surface area contributed by atoms with Gasteiger partial charge in [0.25, 0.3) is 0 Å². The van der Waals surface area contributed by atoms with Gasteiger partial charge < -0.3 is 15.7 Å². The first-order valence-electron chi connectivity index (χ1n) is 8.56. The minimum Gasteiger partial charge on any atom is -0.612 e. The molecular formula is C21H17N2O3S-. The summed E-state index contributed by atoms with van der Waals surface area (Å²) in [5, 5.41) is 25.1. The number of para-hydroxylation sites is 1. The van der Waals surface area contributed by atoms with Crippen molar-refractivity contribution in [3.8, 4) is 0 Å². The smallest absolute Gasteiger partial charge is 0.222 e. The molecule has 1 N–H and O–H groups in total. The van der Waals surface area contributed by atoms with Crippen LogP contribution in [0.3, 0.4) is 0 Å². The van der Waals surface area contributed by atoms with Crippen molar-refractivity contribution in [3.05, 3.63) is 106 Å². The summed E-state index contributed by atoms with van der Waals surface area (Å²) < 4.78 is 13.3. The quantitative estimate of drug-likeness (QED) is 0.597. The number of nitrogens with zero attached hydrogens (tertiary/aromatic N) is 1. The third kappa shape index (κ3) is 3.44. The van der Waals surface area contributed by atoms with Crippen molar-refractivity contribution in [3.63, 3.8) is 0 Å². The minimum atomic E-state index is -1.22. The second-order valence-electron chi connectivity index (χ2n) is 6.30. The molecule has 136 valence electrons. The summed E-state index contributed by atoms with van der Waals surface area (Å²) in [5.74, 6) is 0. The van der Waals surface area contributed by atoms with Crippen LogP contribution >= 0.6 is 0 Å². The molecule has 0 amide bonds. The van der Waals surface area contributed by atoms with Gasteiger partial charge >= 0.3 is 0 Å². The second kappa shape index (κ2) is 7.25. The Morgan fingerprint density at radius 2 is 1.59 bits per heavy atom. The van der Waals surface area contributed by atoms with E-state index in [1.165, 1.54) is 12.2 Å². The molecule has 0 fully saturated rings. The van der Waals surface area contributed by atoms with Crippen LogP contribution in [0.25, 0.3) is 0 Å². The van der Waals surface area contributed by atoms with E-state index in [4.69, 9.17) is 0 Å². The molecule has 1 aliphatic carbocycles. The van der Waals surface area contributed by atoms with Crippen LogP contribution in [0.5, 0.6) is 0 Å². The van der Waals surface area contributed by atoms with Crippen LogP contribution in [0.15, 0.2) is 95.1 Å². The Balaban J connectivity index is 1.82. The summed E-state index contributed by atoms with van der Waals surface area (Å²) in [6, 6.07) is 17.4. The predicted molar refractivity (Wildman–Crippen MR) is 108 cm³/mol. The Kier molecular flexibility index (Phi) is 4.64. The lowest BCUT2D eigenvalue weighted by atomic mass is 10.0. The molecule has 6 heteroatoms. The number of benzene rings is 2. The van der Waals surface area contributed by atoms with Crippen molar-refractivity contribution in [2.45, 2.75) is 16.6 Å². The van der Waals surface area contributed by atoms with E-state index in [2.05, 4.69) is 5.32 Å². The molecule has 2 aromatic carbocycles. The van der Waals surface area contributed by atoms with Crippen molar-refractivity contribution in [2.24, 2.45) is 0 Å². The highest BCUT2D eigenvalue weighted by molar-refractivity contribution is 7.85. The zero-order valence-electron chi connectivity index (χ0n) is 14.4. The Morgan fingerprint density at radius 3 is 2.30 bits per heavy atom. The topological polar surface area (TPSA) is 78.2 Å². The molecule has 2 unspecified atom stereocenters. The van der Waals surface area contributed by atoms with E-state index >= 15 is 0 Å². The maximum absolute atomic E-state index is 13.3. The number of hydrogen-bond donors (Lipinski definition) is 1. The van der Waals surface area contributed by atoms with Gasteiger partial charge in [-0.3, -0.25) is 4.21 Å². The van der Waals surface area contributed by atoms with E-state index in [1.807, 2.05) is 54.6 Å². The molecule has 2 atom stereocenters. The Hall–Kier alpha value is -3.12. The van der Waals surface area contributed by atoms with Gasteiger partial charge in [0, 0.05) is 24.3 Å². The fourth-order valence-corrected chi connectivity index (χ4v) is 4.83. The van der Waals surface area contributed by atoms with Gasteiger partial charge in [-0.25, -0.2) is 0 Å². The van der Waals surface area contributed by atoms with E-state index in [9.17, 15) is 14.6 Å². The maximum atomic E-state index is 13.3. The van der Waals surface area contributed by atoms with Crippen LogP contribution in [-0.2, 0) is 10.8 Å². The van der Waals surface area contributed by atoms with E-state index < -0.39 is 15.7 Å². The first kappa shape index (κ1) is 17.3. The average molecular weight is 377 g/mol. The van der Waals surface area contributed by atoms with E-state index in [0.29, 0.717) is 6.42 Å². The predicted octanol–water partition coefficient (Wildman–Crippen LogP) is 4.18. The largest absolute Gasteiger partial charge is 0.612 e. The number of nitrogens with one attached hydrogen (secondary N) is 1. The lowest BCUT2D eigenvalue weighted by Crippen LogP contribution is -2.10. The molecule has 0 radical (unpaired) electrons.